The second kappa shape index (κ2) is 6.64. The molecule has 2 heterocycles. The van der Waals surface area contributed by atoms with Crippen molar-refractivity contribution in [2.75, 3.05) is 4.90 Å². The van der Waals surface area contributed by atoms with Gasteiger partial charge in [-0.1, -0.05) is 24.3 Å². The molecule has 0 saturated carbocycles. The van der Waals surface area contributed by atoms with Crippen molar-refractivity contribution in [2.24, 2.45) is 0 Å². The van der Waals surface area contributed by atoms with Gasteiger partial charge in [0.1, 0.15) is 6.33 Å². The van der Waals surface area contributed by atoms with Crippen LogP contribution in [-0.2, 0) is 11.3 Å². The fraction of sp³-hybridized carbons (Fsp3) is 0.143. The van der Waals surface area contributed by atoms with Gasteiger partial charge in [0.2, 0.25) is 0 Å². The summed E-state index contributed by atoms with van der Waals surface area (Å²) in [5, 5.41) is 9.45. The number of anilines is 1. The Hall–Kier alpha value is -3.54. The highest BCUT2D eigenvalue weighted by atomic mass is 16.4. The molecular weight excluding hydrogens is 342 g/mol. The molecule has 4 rings (SSSR count). The molecule has 1 N–H and O–H groups in total. The van der Waals surface area contributed by atoms with Crippen molar-refractivity contribution in [3.8, 4) is 11.1 Å². The number of rotatable bonds is 4. The molecule has 0 fully saturated rings. The van der Waals surface area contributed by atoms with E-state index in [-0.39, 0.29) is 5.91 Å². The molecule has 1 aromatic heterocycles. The van der Waals surface area contributed by atoms with E-state index in [1.807, 2.05) is 30.3 Å². The van der Waals surface area contributed by atoms with Crippen molar-refractivity contribution in [1.82, 2.24) is 9.97 Å². The number of nitrogens with zero attached hydrogens (tertiary/aromatic N) is 3. The van der Waals surface area contributed by atoms with Crippen LogP contribution >= 0.6 is 0 Å². The number of hydrogen-bond donors (Lipinski definition) is 1. The molecule has 0 saturated heterocycles. The van der Waals surface area contributed by atoms with Gasteiger partial charge in [-0.2, -0.15) is 0 Å². The number of aliphatic carboxylic acids is 1. The Kier molecular flexibility index (Phi) is 4.16. The zero-order valence-corrected chi connectivity index (χ0v) is 14.7. The highest BCUT2D eigenvalue weighted by molar-refractivity contribution is 6.10. The molecule has 1 aliphatic rings. The normalized spacial score (nSPS) is 14.1. The lowest BCUT2D eigenvalue weighted by Gasteiger charge is -2.20. The summed E-state index contributed by atoms with van der Waals surface area (Å²) < 4.78 is 0. The first-order chi connectivity index (χ1) is 13.1. The second-order valence-corrected chi connectivity index (χ2v) is 6.51. The van der Waals surface area contributed by atoms with Gasteiger partial charge in [-0.15, -0.1) is 0 Å². The van der Waals surface area contributed by atoms with E-state index in [1.54, 1.807) is 36.4 Å². The molecule has 0 radical (unpaired) electrons. The highest BCUT2D eigenvalue weighted by Crippen LogP contribution is 2.35. The van der Waals surface area contributed by atoms with Crippen LogP contribution in [0.15, 0.2) is 61.2 Å². The van der Waals surface area contributed by atoms with Crippen LogP contribution in [0.5, 0.6) is 0 Å². The van der Waals surface area contributed by atoms with Crippen LogP contribution in [0.25, 0.3) is 11.1 Å². The summed E-state index contributed by atoms with van der Waals surface area (Å²) in [5.74, 6) is -1.66. The molecule has 0 aliphatic carbocycles. The van der Waals surface area contributed by atoms with Crippen molar-refractivity contribution in [3.05, 3.63) is 77.9 Å². The summed E-state index contributed by atoms with van der Waals surface area (Å²) in [5.41, 5.74) is 4.49. The van der Waals surface area contributed by atoms with Gasteiger partial charge in [0, 0.05) is 29.2 Å². The lowest BCUT2D eigenvalue weighted by Crippen LogP contribution is -2.23. The van der Waals surface area contributed by atoms with E-state index in [0.29, 0.717) is 28.8 Å². The van der Waals surface area contributed by atoms with E-state index in [2.05, 4.69) is 9.97 Å². The van der Waals surface area contributed by atoms with Gasteiger partial charge < -0.3 is 10.0 Å². The van der Waals surface area contributed by atoms with Crippen LogP contribution < -0.4 is 4.90 Å². The van der Waals surface area contributed by atoms with Crippen LogP contribution in [0.1, 0.15) is 34.3 Å². The summed E-state index contributed by atoms with van der Waals surface area (Å²) in [6, 6.07) is 12.9. The molecule has 6 heteroatoms. The van der Waals surface area contributed by atoms with Gasteiger partial charge in [0.15, 0.2) is 0 Å². The molecule has 0 spiro atoms. The zero-order valence-electron chi connectivity index (χ0n) is 14.7. The second-order valence-electron chi connectivity index (χ2n) is 6.51. The maximum atomic E-state index is 12.8. The van der Waals surface area contributed by atoms with E-state index in [0.717, 1.165) is 11.3 Å². The Bertz CT molecular complexity index is 1030. The number of carbonyl (C=O) groups excluding carboxylic acids is 1. The summed E-state index contributed by atoms with van der Waals surface area (Å²) in [4.78, 5) is 34.1. The third kappa shape index (κ3) is 2.95. The first-order valence-electron chi connectivity index (χ1n) is 8.58. The van der Waals surface area contributed by atoms with Crippen LogP contribution in [0.4, 0.5) is 5.69 Å². The predicted molar refractivity (Wildman–Crippen MR) is 100 cm³/mol. The zero-order chi connectivity index (χ0) is 19.0. The standard InChI is InChI=1S/C21H17N3O3/c1-13(21(26)27)17-7-6-16(8-19(17)15-9-22-12-23-10-15)24-11-14-4-2-3-5-18(14)20(24)25/h2-10,12-13H,11H2,1H3,(H,26,27). The molecule has 2 aromatic carbocycles. The van der Waals surface area contributed by atoms with Crippen molar-refractivity contribution in [3.63, 3.8) is 0 Å². The quantitative estimate of drug-likeness (QED) is 0.771. The third-order valence-electron chi connectivity index (χ3n) is 4.88. The minimum absolute atomic E-state index is 0.0557. The number of fused-ring (bicyclic) bond motifs is 1. The average molecular weight is 359 g/mol. The van der Waals surface area contributed by atoms with Crippen LogP contribution in [0, 0.1) is 0 Å². The number of amides is 1. The molecule has 3 aromatic rings. The molecule has 1 atom stereocenters. The fourth-order valence-corrected chi connectivity index (χ4v) is 3.37. The van der Waals surface area contributed by atoms with Crippen molar-refractivity contribution < 1.29 is 14.7 Å². The van der Waals surface area contributed by atoms with E-state index >= 15 is 0 Å². The first kappa shape index (κ1) is 16.9. The van der Waals surface area contributed by atoms with Crippen LogP contribution in [0.3, 0.4) is 0 Å². The molecule has 6 nitrogen and oxygen atoms in total. The van der Waals surface area contributed by atoms with Gasteiger partial charge in [0.05, 0.1) is 12.5 Å². The predicted octanol–water partition coefficient (Wildman–Crippen LogP) is 3.49. The van der Waals surface area contributed by atoms with Gasteiger partial charge >= 0.3 is 5.97 Å². The van der Waals surface area contributed by atoms with E-state index in [4.69, 9.17) is 0 Å². The van der Waals surface area contributed by atoms with E-state index in [1.165, 1.54) is 6.33 Å². The minimum atomic E-state index is -0.912. The molecular formula is C21H17N3O3. The SMILES string of the molecule is CC(C(=O)O)c1ccc(N2Cc3ccccc3C2=O)cc1-c1cncnc1. The fourth-order valence-electron chi connectivity index (χ4n) is 3.37. The summed E-state index contributed by atoms with van der Waals surface area (Å²) in [7, 11) is 0. The highest BCUT2D eigenvalue weighted by Gasteiger charge is 2.29. The first-order valence-corrected chi connectivity index (χ1v) is 8.58. The van der Waals surface area contributed by atoms with Gasteiger partial charge in [-0.3, -0.25) is 9.59 Å². The molecule has 1 unspecified atom stereocenters. The van der Waals surface area contributed by atoms with Crippen molar-refractivity contribution >= 4 is 17.6 Å². The maximum Gasteiger partial charge on any atom is 0.310 e. The number of carboxylic acids is 1. The van der Waals surface area contributed by atoms with Crippen molar-refractivity contribution in [2.45, 2.75) is 19.4 Å². The Balaban J connectivity index is 1.81. The Morgan fingerprint density at radius 2 is 1.85 bits per heavy atom. The number of aromatic nitrogens is 2. The van der Waals surface area contributed by atoms with Crippen molar-refractivity contribution in [1.29, 1.82) is 0 Å². The molecule has 27 heavy (non-hydrogen) atoms. The third-order valence-corrected chi connectivity index (χ3v) is 4.88. The average Bonchev–Trinajstić information content (AvgIpc) is 3.04. The lowest BCUT2D eigenvalue weighted by atomic mass is 9.92. The maximum absolute atomic E-state index is 12.8. The molecule has 0 bridgehead atoms. The lowest BCUT2D eigenvalue weighted by molar-refractivity contribution is -0.138. The summed E-state index contributed by atoms with van der Waals surface area (Å²) in [6.45, 7) is 2.13. The Morgan fingerprint density at radius 3 is 2.56 bits per heavy atom. The molecule has 1 amide bonds. The van der Waals surface area contributed by atoms with Crippen LogP contribution in [0.2, 0.25) is 0 Å². The van der Waals surface area contributed by atoms with Gasteiger partial charge in [-0.05, 0) is 41.8 Å². The molecule has 134 valence electrons. The smallest absolute Gasteiger partial charge is 0.310 e. The van der Waals surface area contributed by atoms with E-state index < -0.39 is 11.9 Å². The Labute approximate surface area is 156 Å². The number of hydrogen-bond acceptors (Lipinski definition) is 4. The number of benzene rings is 2. The minimum Gasteiger partial charge on any atom is -0.481 e. The largest absolute Gasteiger partial charge is 0.481 e. The van der Waals surface area contributed by atoms with Gasteiger partial charge in [0.25, 0.3) is 5.91 Å². The summed E-state index contributed by atoms with van der Waals surface area (Å²) in [6.07, 6.45) is 4.71. The summed E-state index contributed by atoms with van der Waals surface area (Å²) >= 11 is 0. The van der Waals surface area contributed by atoms with Crippen LogP contribution in [-0.4, -0.2) is 27.0 Å². The number of carboxylic acid groups (broad SMARTS) is 1. The monoisotopic (exact) mass is 359 g/mol. The Morgan fingerprint density at radius 1 is 1.11 bits per heavy atom. The number of carbonyl (C=O) groups is 2. The topological polar surface area (TPSA) is 83.4 Å². The molecule has 1 aliphatic heterocycles. The van der Waals surface area contributed by atoms with Gasteiger partial charge in [-0.25, -0.2) is 9.97 Å². The van der Waals surface area contributed by atoms with E-state index in [9.17, 15) is 14.7 Å².